The molecule has 194 valence electrons. The maximum absolute atomic E-state index is 13.7. The molecule has 10 nitrogen and oxygen atoms in total. The molecule has 0 aliphatic heterocycles. The first-order valence-electron chi connectivity index (χ1n) is 10.7. The molecule has 0 aliphatic carbocycles. The van der Waals surface area contributed by atoms with E-state index in [9.17, 15) is 18.9 Å². The molecule has 0 aliphatic rings. The summed E-state index contributed by atoms with van der Waals surface area (Å²) < 4.78 is 45.4. The Morgan fingerprint density at radius 2 is 0.684 bits per heavy atom. The average molecular weight is 536 g/mol. The molecular weight excluding hydrogens is 515 g/mol. The molecule has 0 unspecified atom stereocenters. The fourth-order valence-electron chi connectivity index (χ4n) is 2.62. The zero-order chi connectivity index (χ0) is 27.5. The van der Waals surface area contributed by atoms with Crippen LogP contribution in [0.1, 0.15) is 0 Å². The highest BCUT2D eigenvalue weighted by Crippen LogP contribution is 2.50. The van der Waals surface area contributed by atoms with Gasteiger partial charge in [0.1, 0.15) is 34.5 Å². The number of phosphoric acid groups is 1. The third-order valence-corrected chi connectivity index (χ3v) is 5.58. The van der Waals surface area contributed by atoms with Crippen molar-refractivity contribution in [1.29, 1.82) is 0 Å². The Hall–Kier alpha value is -5.08. The van der Waals surface area contributed by atoms with Gasteiger partial charge in [0.25, 0.3) is 0 Å². The molecule has 0 radical (unpaired) electrons. The molecule has 3 aromatic rings. The fourth-order valence-corrected chi connectivity index (χ4v) is 3.87. The summed E-state index contributed by atoms with van der Waals surface area (Å²) in [5.41, 5.74) is 0. The molecule has 3 rings (SSSR count). The third-order valence-electron chi connectivity index (χ3n) is 4.28. The van der Waals surface area contributed by atoms with E-state index >= 15 is 0 Å². The number of hydrogen-bond donors (Lipinski definition) is 0. The number of ether oxygens (including phenoxy) is 3. The van der Waals surface area contributed by atoms with E-state index in [4.69, 9.17) is 27.8 Å². The molecule has 0 bridgehead atoms. The van der Waals surface area contributed by atoms with Gasteiger partial charge in [0.15, 0.2) is 0 Å². The van der Waals surface area contributed by atoms with E-state index in [0.29, 0.717) is 0 Å². The number of phosphoric ester groups is 1. The lowest BCUT2D eigenvalue weighted by Crippen LogP contribution is -2.08. The maximum atomic E-state index is 13.7. The van der Waals surface area contributed by atoms with Gasteiger partial charge in [-0.1, -0.05) is 19.7 Å². The normalized spacial score (nSPS) is 10.3. The first-order chi connectivity index (χ1) is 18.2. The summed E-state index contributed by atoms with van der Waals surface area (Å²) >= 11 is 0. The van der Waals surface area contributed by atoms with E-state index in [-0.39, 0.29) is 34.5 Å². The second-order valence-corrected chi connectivity index (χ2v) is 8.45. The molecule has 0 saturated carbocycles. The van der Waals surface area contributed by atoms with Crippen molar-refractivity contribution >= 4 is 25.7 Å². The van der Waals surface area contributed by atoms with E-state index in [1.54, 1.807) is 0 Å². The first-order valence-corrected chi connectivity index (χ1v) is 12.2. The number of hydrogen-bond acceptors (Lipinski definition) is 10. The van der Waals surface area contributed by atoms with Gasteiger partial charge in [0.2, 0.25) is 0 Å². The SMILES string of the molecule is C=CC(=O)Oc1ccc(OP(=O)(Oc2ccc(OC(=O)C=C)cc2)Oc2ccc(OC(=O)C=C)cc2)cc1. The molecule has 0 amide bonds. The van der Waals surface area contributed by atoms with Crippen molar-refractivity contribution in [2.45, 2.75) is 0 Å². The first kappa shape index (κ1) is 27.5. The summed E-state index contributed by atoms with van der Waals surface area (Å²) in [4.78, 5) is 34.1. The second kappa shape index (κ2) is 12.8. The van der Waals surface area contributed by atoms with Crippen LogP contribution >= 0.6 is 7.82 Å². The molecule has 0 saturated heterocycles. The zero-order valence-electron chi connectivity index (χ0n) is 19.8. The Morgan fingerprint density at radius 1 is 0.474 bits per heavy atom. The van der Waals surface area contributed by atoms with Crippen LogP contribution in [0.4, 0.5) is 0 Å². The Balaban J connectivity index is 1.83. The van der Waals surface area contributed by atoms with Crippen molar-refractivity contribution in [3.8, 4) is 34.5 Å². The molecule has 38 heavy (non-hydrogen) atoms. The van der Waals surface area contributed by atoms with Crippen LogP contribution in [0.5, 0.6) is 34.5 Å². The van der Waals surface area contributed by atoms with Crippen molar-refractivity contribution < 1.29 is 46.7 Å². The summed E-state index contributed by atoms with van der Waals surface area (Å²) in [6.07, 6.45) is 3.02. The smallest absolute Gasteiger partial charge is 0.423 e. The average Bonchev–Trinajstić information content (AvgIpc) is 2.91. The number of carbonyl (C=O) groups is 3. The van der Waals surface area contributed by atoms with E-state index in [1.165, 1.54) is 72.8 Å². The highest BCUT2D eigenvalue weighted by molar-refractivity contribution is 7.49. The van der Waals surface area contributed by atoms with E-state index in [1.807, 2.05) is 0 Å². The number of carbonyl (C=O) groups excluding carboxylic acids is 3. The van der Waals surface area contributed by atoms with Gasteiger partial charge in [-0.15, -0.1) is 0 Å². The molecule has 3 aromatic carbocycles. The Morgan fingerprint density at radius 3 is 0.895 bits per heavy atom. The van der Waals surface area contributed by atoms with E-state index in [2.05, 4.69) is 19.7 Å². The zero-order valence-corrected chi connectivity index (χ0v) is 20.7. The highest BCUT2D eigenvalue weighted by atomic mass is 31.2. The van der Waals surface area contributed by atoms with Crippen LogP contribution in [0.3, 0.4) is 0 Å². The second-order valence-electron chi connectivity index (χ2n) is 7.01. The van der Waals surface area contributed by atoms with Gasteiger partial charge in [0.05, 0.1) is 0 Å². The van der Waals surface area contributed by atoms with Crippen molar-refractivity contribution in [1.82, 2.24) is 0 Å². The predicted molar refractivity (Wildman–Crippen MR) is 136 cm³/mol. The minimum absolute atomic E-state index is 0.0693. The molecule has 0 spiro atoms. The van der Waals surface area contributed by atoms with Gasteiger partial charge < -0.3 is 27.8 Å². The Bertz CT molecular complexity index is 1210. The van der Waals surface area contributed by atoms with Crippen molar-refractivity contribution in [3.05, 3.63) is 111 Å². The maximum Gasteiger partial charge on any atom is 0.647 e. The molecule has 0 N–H and O–H groups in total. The summed E-state index contributed by atoms with van der Waals surface area (Å²) in [6, 6.07) is 16.8. The van der Waals surface area contributed by atoms with Gasteiger partial charge in [-0.25, -0.2) is 14.4 Å². The van der Waals surface area contributed by atoms with Crippen molar-refractivity contribution in [2.75, 3.05) is 0 Å². The fraction of sp³-hybridized carbons (Fsp3) is 0. The highest BCUT2D eigenvalue weighted by Gasteiger charge is 2.33. The lowest BCUT2D eigenvalue weighted by molar-refractivity contribution is -0.129. The number of rotatable bonds is 12. The lowest BCUT2D eigenvalue weighted by Gasteiger charge is -2.20. The largest absolute Gasteiger partial charge is 0.647 e. The molecule has 0 heterocycles. The standard InChI is InChI=1S/C27H21O10P/c1-4-25(28)32-19-7-13-22(14-8-19)35-38(31,36-23-15-9-20(10-16-23)33-26(29)5-2)37-24-17-11-21(12-18-24)34-27(30)6-3/h4-18H,1-3H2. The third kappa shape index (κ3) is 8.25. The summed E-state index contributed by atoms with van der Waals surface area (Å²) in [5.74, 6) is -1.14. The van der Waals surface area contributed by atoms with Crippen LogP contribution in [-0.4, -0.2) is 17.9 Å². The van der Waals surface area contributed by atoms with Gasteiger partial charge in [-0.3, -0.25) is 0 Å². The van der Waals surface area contributed by atoms with Crippen LogP contribution < -0.4 is 27.8 Å². The summed E-state index contributed by atoms with van der Waals surface area (Å²) in [5, 5.41) is 0. The van der Waals surface area contributed by atoms with Gasteiger partial charge >= 0.3 is 25.7 Å². The van der Waals surface area contributed by atoms with Crippen LogP contribution in [0.25, 0.3) is 0 Å². The molecule has 0 atom stereocenters. The van der Waals surface area contributed by atoms with Crippen LogP contribution in [-0.2, 0) is 18.9 Å². The van der Waals surface area contributed by atoms with E-state index in [0.717, 1.165) is 18.2 Å². The minimum atomic E-state index is -4.40. The molecule has 0 aromatic heterocycles. The Kier molecular flexibility index (Phi) is 9.23. The minimum Gasteiger partial charge on any atom is -0.423 e. The van der Waals surface area contributed by atoms with Crippen LogP contribution in [0, 0.1) is 0 Å². The molecule has 0 fully saturated rings. The number of benzene rings is 3. The van der Waals surface area contributed by atoms with Crippen molar-refractivity contribution in [3.63, 3.8) is 0 Å². The lowest BCUT2D eigenvalue weighted by atomic mass is 10.3. The van der Waals surface area contributed by atoms with Crippen molar-refractivity contribution in [2.24, 2.45) is 0 Å². The molecular formula is C27H21O10P. The topological polar surface area (TPSA) is 124 Å². The van der Waals surface area contributed by atoms with E-state index < -0.39 is 25.7 Å². The van der Waals surface area contributed by atoms with Crippen LogP contribution in [0.2, 0.25) is 0 Å². The summed E-state index contributed by atoms with van der Waals surface area (Å²) in [6.45, 7) is 9.97. The monoisotopic (exact) mass is 536 g/mol. The predicted octanol–water partition coefficient (Wildman–Crippen LogP) is 5.61. The Labute approximate surface area is 217 Å². The van der Waals surface area contributed by atoms with Gasteiger partial charge in [-0.2, -0.15) is 4.57 Å². The quantitative estimate of drug-likeness (QED) is 0.125. The van der Waals surface area contributed by atoms with Gasteiger partial charge in [-0.05, 0) is 72.8 Å². The van der Waals surface area contributed by atoms with Crippen LogP contribution in [0.15, 0.2) is 111 Å². The van der Waals surface area contributed by atoms with Gasteiger partial charge in [0, 0.05) is 18.2 Å². The number of esters is 3. The summed E-state index contributed by atoms with van der Waals surface area (Å²) in [7, 11) is -4.40. The molecule has 11 heteroatoms.